The first-order valence-electron chi connectivity index (χ1n) is 5.21. The van der Waals surface area contributed by atoms with Gasteiger partial charge in [-0.25, -0.2) is 0 Å². The maximum Gasteiger partial charge on any atom is 0.122 e. The molecule has 0 aliphatic rings. The predicted molar refractivity (Wildman–Crippen MR) is 76.7 cm³/mol. The summed E-state index contributed by atoms with van der Waals surface area (Å²) in [6.07, 6.45) is 0. The third kappa shape index (κ3) is 3.30. The molecule has 0 nitrogen and oxygen atoms in total. The first kappa shape index (κ1) is 13.2. The monoisotopic (exact) mass is 256 g/mol. The van der Waals surface area contributed by atoms with Crippen molar-refractivity contribution in [3.05, 3.63) is 24.3 Å². The van der Waals surface area contributed by atoms with E-state index < -0.39 is 7.22 Å². The van der Waals surface area contributed by atoms with Gasteiger partial charge in [0.25, 0.3) is 0 Å². The molecule has 0 amide bonds. The smallest absolute Gasteiger partial charge is 0.122 e. The molecule has 3 heteroatoms. The van der Waals surface area contributed by atoms with Crippen molar-refractivity contribution in [2.45, 2.75) is 48.7 Å². The third-order valence-corrected chi connectivity index (χ3v) is 12.3. The molecule has 1 aromatic carbocycles. The van der Waals surface area contributed by atoms with E-state index in [0.29, 0.717) is 5.04 Å². The molecular formula is C12H20S2Si. The minimum absolute atomic E-state index is 0.410. The Bertz CT molecular complexity index is 340. The molecule has 0 atom stereocenters. The lowest BCUT2D eigenvalue weighted by Gasteiger charge is -2.36. The van der Waals surface area contributed by atoms with Crippen LogP contribution in [0.15, 0.2) is 34.1 Å². The zero-order chi connectivity index (χ0) is 11.7. The van der Waals surface area contributed by atoms with Gasteiger partial charge in [-0.05, 0) is 17.2 Å². The Morgan fingerprint density at radius 3 is 2.13 bits per heavy atom. The van der Waals surface area contributed by atoms with Crippen molar-refractivity contribution >= 4 is 31.1 Å². The lowest BCUT2D eigenvalue weighted by molar-refractivity contribution is 0.736. The van der Waals surface area contributed by atoms with E-state index >= 15 is 0 Å². The fraction of sp³-hybridized carbons (Fsp3) is 0.500. The van der Waals surface area contributed by atoms with Crippen LogP contribution in [-0.4, -0.2) is 7.22 Å². The highest BCUT2D eigenvalue weighted by Gasteiger charge is 2.36. The summed E-state index contributed by atoms with van der Waals surface area (Å²) in [5.41, 5.74) is 0. The third-order valence-electron chi connectivity index (χ3n) is 3.04. The van der Waals surface area contributed by atoms with Crippen LogP contribution in [0.2, 0.25) is 18.1 Å². The summed E-state index contributed by atoms with van der Waals surface area (Å²) in [6, 6.07) is 8.37. The van der Waals surface area contributed by atoms with Gasteiger partial charge < -0.3 is 0 Å². The van der Waals surface area contributed by atoms with Crippen LogP contribution in [0, 0.1) is 0 Å². The lowest BCUT2D eigenvalue weighted by Crippen LogP contribution is -2.33. The van der Waals surface area contributed by atoms with E-state index in [9.17, 15) is 0 Å². The molecular weight excluding hydrogens is 236 g/mol. The molecule has 0 unspecified atom stereocenters. The molecule has 0 aromatic heterocycles. The van der Waals surface area contributed by atoms with Gasteiger partial charge in [0.05, 0.1) is 0 Å². The second-order valence-electron chi connectivity index (χ2n) is 5.33. The second-order valence-corrected chi connectivity index (χ2v) is 14.7. The minimum atomic E-state index is -1.31. The molecule has 0 radical (unpaired) electrons. The van der Waals surface area contributed by atoms with Gasteiger partial charge in [-0.3, -0.25) is 0 Å². The molecule has 0 fully saturated rings. The number of benzene rings is 1. The number of rotatable bonds is 2. The molecule has 0 spiro atoms. The van der Waals surface area contributed by atoms with Gasteiger partial charge in [-0.1, -0.05) is 46.0 Å². The number of hydrogen-bond donors (Lipinski definition) is 1. The van der Waals surface area contributed by atoms with Crippen molar-refractivity contribution in [2.75, 3.05) is 0 Å². The van der Waals surface area contributed by atoms with E-state index in [4.69, 9.17) is 0 Å². The van der Waals surface area contributed by atoms with E-state index in [1.54, 1.807) is 0 Å². The van der Waals surface area contributed by atoms with Gasteiger partial charge in [-0.15, -0.1) is 23.8 Å². The summed E-state index contributed by atoms with van der Waals surface area (Å²) < 4.78 is 0. The van der Waals surface area contributed by atoms with Crippen molar-refractivity contribution in [3.8, 4) is 0 Å². The van der Waals surface area contributed by atoms with Crippen LogP contribution in [0.25, 0.3) is 0 Å². The lowest BCUT2D eigenvalue weighted by atomic mass is 10.2. The van der Waals surface area contributed by atoms with Crippen LogP contribution in [0.5, 0.6) is 0 Å². The van der Waals surface area contributed by atoms with E-state index in [2.05, 4.69) is 64.7 Å². The topological polar surface area (TPSA) is 0 Å². The van der Waals surface area contributed by atoms with Crippen molar-refractivity contribution in [2.24, 2.45) is 0 Å². The molecule has 15 heavy (non-hydrogen) atoms. The van der Waals surface area contributed by atoms with Crippen molar-refractivity contribution < 1.29 is 0 Å². The Kier molecular flexibility index (Phi) is 4.01. The van der Waals surface area contributed by atoms with Crippen molar-refractivity contribution in [1.29, 1.82) is 0 Å². The van der Waals surface area contributed by atoms with Gasteiger partial charge in [0.1, 0.15) is 7.22 Å². The normalized spacial score (nSPS) is 12.9. The van der Waals surface area contributed by atoms with Crippen LogP contribution in [0.1, 0.15) is 20.8 Å². The fourth-order valence-electron chi connectivity index (χ4n) is 0.971. The maximum atomic E-state index is 4.51. The average molecular weight is 257 g/mol. The first-order valence-corrected chi connectivity index (χ1v) is 10.2. The molecule has 0 aliphatic carbocycles. The summed E-state index contributed by atoms with van der Waals surface area (Å²) in [4.78, 5) is 2.43. The van der Waals surface area contributed by atoms with Gasteiger partial charge in [0.15, 0.2) is 0 Å². The van der Waals surface area contributed by atoms with Crippen molar-refractivity contribution in [3.63, 3.8) is 0 Å². The molecule has 0 saturated heterocycles. The van der Waals surface area contributed by atoms with Gasteiger partial charge in [-0.2, -0.15) is 0 Å². The fourth-order valence-corrected chi connectivity index (χ4v) is 5.80. The van der Waals surface area contributed by atoms with Crippen LogP contribution in [-0.2, 0) is 0 Å². The van der Waals surface area contributed by atoms with E-state index in [1.807, 2.05) is 17.3 Å². The highest BCUT2D eigenvalue weighted by atomic mass is 32.4. The van der Waals surface area contributed by atoms with Crippen molar-refractivity contribution in [1.82, 2.24) is 0 Å². The molecule has 1 aromatic rings. The number of hydrogen-bond acceptors (Lipinski definition) is 2. The molecule has 0 bridgehead atoms. The molecule has 84 valence electrons. The second kappa shape index (κ2) is 4.56. The molecule has 0 heterocycles. The summed E-state index contributed by atoms with van der Waals surface area (Å²) in [7, 11) is -1.31. The number of thiol groups is 1. The first-order chi connectivity index (χ1) is 6.74. The summed E-state index contributed by atoms with van der Waals surface area (Å²) in [5.74, 6) is 0. The van der Waals surface area contributed by atoms with Gasteiger partial charge >= 0.3 is 0 Å². The standard InChI is InChI=1S/C12H20S2Si/c1-12(2,3)15(4,5)14-11-9-7-6-8-10(11)13/h6-9,13H,1-5H3. The maximum absolute atomic E-state index is 4.51. The summed E-state index contributed by atoms with van der Waals surface area (Å²) in [6.45, 7) is 11.9. The Labute approximate surface area is 104 Å². The molecule has 1 rings (SSSR count). The van der Waals surface area contributed by atoms with E-state index in [-0.39, 0.29) is 0 Å². The zero-order valence-electron chi connectivity index (χ0n) is 10.2. The van der Waals surface area contributed by atoms with E-state index in [1.165, 1.54) is 4.90 Å². The highest BCUT2D eigenvalue weighted by Crippen LogP contribution is 2.47. The largest absolute Gasteiger partial charge is 0.150 e. The van der Waals surface area contributed by atoms with Crippen LogP contribution < -0.4 is 0 Å². The summed E-state index contributed by atoms with van der Waals surface area (Å²) >= 11 is 6.55. The quantitative estimate of drug-likeness (QED) is 0.569. The predicted octanol–water partition coefficient (Wildman–Crippen LogP) is 5.07. The summed E-state index contributed by atoms with van der Waals surface area (Å²) in [5, 5.41) is 0.410. The minimum Gasteiger partial charge on any atom is -0.150 e. The molecule has 0 N–H and O–H groups in total. The Morgan fingerprint density at radius 2 is 1.67 bits per heavy atom. The Morgan fingerprint density at radius 1 is 1.13 bits per heavy atom. The van der Waals surface area contributed by atoms with Crippen LogP contribution in [0.3, 0.4) is 0 Å². The zero-order valence-corrected chi connectivity index (χ0v) is 12.9. The van der Waals surface area contributed by atoms with Crippen LogP contribution >= 0.6 is 23.8 Å². The Balaban J connectivity index is 2.92. The average Bonchev–Trinajstić information content (AvgIpc) is 2.06. The Hall–Kier alpha value is 0.137. The molecule has 0 saturated carbocycles. The van der Waals surface area contributed by atoms with E-state index in [0.717, 1.165) is 4.90 Å². The SMILES string of the molecule is CC(C)(C)[Si](C)(C)Sc1ccccc1S. The van der Waals surface area contributed by atoms with Gasteiger partial charge in [0.2, 0.25) is 0 Å². The molecule has 0 aliphatic heterocycles. The van der Waals surface area contributed by atoms with Crippen LogP contribution in [0.4, 0.5) is 0 Å². The highest BCUT2D eigenvalue weighted by molar-refractivity contribution is 8.29. The van der Waals surface area contributed by atoms with Gasteiger partial charge in [0, 0.05) is 9.79 Å².